The number of thioether (sulfide) groups is 1. The number of halogens is 3. The lowest BCUT2D eigenvalue weighted by Gasteiger charge is -2.30. The molecule has 1 aromatic rings. The van der Waals surface area contributed by atoms with Crippen molar-refractivity contribution >= 4 is 17.7 Å². The second-order valence-electron chi connectivity index (χ2n) is 6.13. The molecule has 2 N–H and O–H groups in total. The van der Waals surface area contributed by atoms with Crippen molar-refractivity contribution in [3.8, 4) is 0 Å². The van der Waals surface area contributed by atoms with E-state index in [2.05, 4.69) is 0 Å². The normalized spacial score (nSPS) is 17.6. The zero-order valence-electron chi connectivity index (χ0n) is 13.2. The molecule has 7 heteroatoms. The molecule has 1 amide bonds. The van der Waals surface area contributed by atoms with E-state index in [9.17, 15) is 18.0 Å². The van der Waals surface area contributed by atoms with E-state index in [-0.39, 0.29) is 23.8 Å². The third-order valence-electron chi connectivity index (χ3n) is 4.07. The molecular formula is C16H21F3N2OS. The first-order valence-corrected chi connectivity index (χ1v) is 8.72. The van der Waals surface area contributed by atoms with Crippen LogP contribution in [0.5, 0.6) is 0 Å². The summed E-state index contributed by atoms with van der Waals surface area (Å²) in [6.07, 6.45) is -0.0153. The lowest BCUT2D eigenvalue weighted by atomic mass is 9.84. The summed E-state index contributed by atoms with van der Waals surface area (Å²) in [5.41, 5.74) is 6.13. The van der Waals surface area contributed by atoms with Crippen molar-refractivity contribution in [3.05, 3.63) is 35.1 Å². The van der Waals surface area contributed by atoms with Crippen molar-refractivity contribution in [3.63, 3.8) is 0 Å². The quantitative estimate of drug-likeness (QED) is 0.834. The number of carbonyl (C=O) groups is 1. The van der Waals surface area contributed by atoms with Gasteiger partial charge in [0.05, 0.1) is 11.8 Å². The fourth-order valence-electron chi connectivity index (χ4n) is 2.86. The van der Waals surface area contributed by atoms with Gasteiger partial charge >= 0.3 is 0 Å². The van der Waals surface area contributed by atoms with Crippen LogP contribution < -0.4 is 5.73 Å². The van der Waals surface area contributed by atoms with Crippen LogP contribution >= 0.6 is 11.8 Å². The second-order valence-corrected chi connectivity index (χ2v) is 7.21. The number of hydrogen-bond acceptors (Lipinski definition) is 3. The Morgan fingerprint density at radius 3 is 2.48 bits per heavy atom. The van der Waals surface area contributed by atoms with Gasteiger partial charge < -0.3 is 10.6 Å². The Kier molecular flexibility index (Phi) is 5.97. The molecule has 3 nitrogen and oxygen atoms in total. The molecule has 0 aliphatic carbocycles. The first-order chi connectivity index (χ1) is 10.8. The molecule has 0 radical (unpaired) electrons. The molecule has 23 heavy (non-hydrogen) atoms. The van der Waals surface area contributed by atoms with Gasteiger partial charge in [-0.15, -0.1) is 11.8 Å². The standard InChI is InChI=1S/C16H21F3N2OS/c1-9(2)15(16(22)21-3-4-23-8-21)14(20)6-10-5-12(18)13(19)7-11(10)17/h5,7,9,14-15H,3-4,6,8,20H2,1-2H3/t14-,15?/m1/s1. The minimum absolute atomic E-state index is 0.00866. The Balaban J connectivity index is 2.16. The zero-order valence-corrected chi connectivity index (χ0v) is 14.0. The minimum atomic E-state index is -1.23. The highest BCUT2D eigenvalue weighted by molar-refractivity contribution is 7.99. The molecular weight excluding hydrogens is 325 g/mol. The highest BCUT2D eigenvalue weighted by Crippen LogP contribution is 2.25. The largest absolute Gasteiger partial charge is 0.332 e. The molecule has 2 rings (SSSR count). The molecule has 1 aromatic carbocycles. The summed E-state index contributed by atoms with van der Waals surface area (Å²) in [7, 11) is 0. The van der Waals surface area contributed by atoms with Gasteiger partial charge in [0.1, 0.15) is 5.82 Å². The van der Waals surface area contributed by atoms with E-state index in [0.29, 0.717) is 18.5 Å². The van der Waals surface area contributed by atoms with Gasteiger partial charge in [-0.05, 0) is 24.0 Å². The summed E-state index contributed by atoms with van der Waals surface area (Å²) in [6, 6.07) is 0.672. The van der Waals surface area contributed by atoms with Crippen LogP contribution in [0, 0.1) is 29.3 Å². The molecule has 0 spiro atoms. The molecule has 1 saturated heterocycles. The maximum Gasteiger partial charge on any atom is 0.228 e. The van der Waals surface area contributed by atoms with E-state index >= 15 is 0 Å². The lowest BCUT2D eigenvalue weighted by molar-refractivity contribution is -0.136. The molecule has 1 unspecified atom stereocenters. The monoisotopic (exact) mass is 346 g/mol. The third kappa shape index (κ3) is 4.20. The second kappa shape index (κ2) is 7.57. The highest BCUT2D eigenvalue weighted by Gasteiger charge is 2.34. The Bertz CT molecular complexity index is 577. The van der Waals surface area contributed by atoms with Crippen molar-refractivity contribution in [2.24, 2.45) is 17.6 Å². The molecule has 0 aromatic heterocycles. The number of benzene rings is 1. The highest BCUT2D eigenvalue weighted by atomic mass is 32.2. The molecule has 1 heterocycles. The zero-order chi connectivity index (χ0) is 17.1. The first-order valence-electron chi connectivity index (χ1n) is 7.56. The first kappa shape index (κ1) is 18.1. The fraction of sp³-hybridized carbons (Fsp3) is 0.562. The van der Waals surface area contributed by atoms with Gasteiger partial charge in [0, 0.05) is 24.4 Å². The summed E-state index contributed by atoms with van der Waals surface area (Å²) in [5, 5.41) is 0. The van der Waals surface area contributed by atoms with Crippen LogP contribution in [0.4, 0.5) is 13.2 Å². The SMILES string of the molecule is CC(C)C(C(=O)N1CCSC1)[C@H](N)Cc1cc(F)c(F)cc1F. The van der Waals surface area contributed by atoms with Crippen LogP contribution in [-0.4, -0.2) is 35.0 Å². The predicted octanol–water partition coefficient (Wildman–Crippen LogP) is 2.78. The Morgan fingerprint density at radius 1 is 1.26 bits per heavy atom. The van der Waals surface area contributed by atoms with Crippen molar-refractivity contribution in [1.82, 2.24) is 4.90 Å². The smallest absolute Gasteiger partial charge is 0.228 e. The van der Waals surface area contributed by atoms with Crippen LogP contribution in [-0.2, 0) is 11.2 Å². The Labute approximate surface area is 138 Å². The topological polar surface area (TPSA) is 46.3 Å². The van der Waals surface area contributed by atoms with E-state index in [1.165, 1.54) is 0 Å². The average molecular weight is 346 g/mol. The van der Waals surface area contributed by atoms with Gasteiger partial charge in [-0.3, -0.25) is 4.79 Å². The number of nitrogens with zero attached hydrogens (tertiary/aromatic N) is 1. The average Bonchev–Trinajstić information content (AvgIpc) is 2.98. The molecule has 1 fully saturated rings. The predicted molar refractivity (Wildman–Crippen MR) is 85.4 cm³/mol. The number of carbonyl (C=O) groups excluding carboxylic acids is 1. The molecule has 128 valence electrons. The van der Waals surface area contributed by atoms with Crippen LogP contribution in [0.15, 0.2) is 12.1 Å². The van der Waals surface area contributed by atoms with Gasteiger partial charge in [0.2, 0.25) is 5.91 Å². The van der Waals surface area contributed by atoms with Gasteiger partial charge in [-0.25, -0.2) is 13.2 Å². The van der Waals surface area contributed by atoms with Gasteiger partial charge in [0.15, 0.2) is 11.6 Å². The maximum atomic E-state index is 13.8. The van der Waals surface area contributed by atoms with E-state index in [1.807, 2.05) is 13.8 Å². The number of amides is 1. The van der Waals surface area contributed by atoms with Crippen molar-refractivity contribution < 1.29 is 18.0 Å². The van der Waals surface area contributed by atoms with E-state index < -0.39 is 29.4 Å². The Morgan fingerprint density at radius 2 is 1.91 bits per heavy atom. The van der Waals surface area contributed by atoms with E-state index in [0.717, 1.165) is 11.8 Å². The summed E-state index contributed by atoms with van der Waals surface area (Å²) in [6.45, 7) is 4.44. The van der Waals surface area contributed by atoms with Crippen molar-refractivity contribution in [2.75, 3.05) is 18.2 Å². The molecule has 2 atom stereocenters. The number of nitrogens with two attached hydrogens (primary N) is 1. The maximum absolute atomic E-state index is 13.8. The molecule has 0 bridgehead atoms. The van der Waals surface area contributed by atoms with Crippen molar-refractivity contribution in [1.29, 1.82) is 0 Å². The lowest BCUT2D eigenvalue weighted by Crippen LogP contribution is -2.46. The number of hydrogen-bond donors (Lipinski definition) is 1. The van der Waals surface area contributed by atoms with Crippen LogP contribution in [0.3, 0.4) is 0 Å². The van der Waals surface area contributed by atoms with Gasteiger partial charge in [0.25, 0.3) is 0 Å². The summed E-state index contributed by atoms with van der Waals surface area (Å²) in [5.74, 6) is -2.23. The summed E-state index contributed by atoms with van der Waals surface area (Å²) in [4.78, 5) is 14.4. The summed E-state index contributed by atoms with van der Waals surface area (Å²) < 4.78 is 40.1. The number of rotatable bonds is 5. The van der Waals surface area contributed by atoms with E-state index in [1.54, 1.807) is 16.7 Å². The minimum Gasteiger partial charge on any atom is -0.332 e. The Hall–Kier alpha value is -1.21. The van der Waals surface area contributed by atoms with Crippen molar-refractivity contribution in [2.45, 2.75) is 26.3 Å². The fourth-order valence-corrected chi connectivity index (χ4v) is 3.82. The van der Waals surface area contributed by atoms with E-state index in [4.69, 9.17) is 5.73 Å². The third-order valence-corrected chi connectivity index (χ3v) is 5.04. The van der Waals surface area contributed by atoms with Gasteiger partial charge in [-0.2, -0.15) is 0 Å². The molecule has 1 aliphatic rings. The summed E-state index contributed by atoms with van der Waals surface area (Å²) >= 11 is 1.67. The molecule has 1 aliphatic heterocycles. The van der Waals surface area contributed by atoms with Crippen LogP contribution in [0.25, 0.3) is 0 Å². The van der Waals surface area contributed by atoms with Gasteiger partial charge in [-0.1, -0.05) is 13.8 Å². The van der Waals surface area contributed by atoms with Crippen LogP contribution in [0.2, 0.25) is 0 Å². The van der Waals surface area contributed by atoms with Crippen LogP contribution in [0.1, 0.15) is 19.4 Å². The molecule has 0 saturated carbocycles.